The fraction of sp³-hybridized carbons (Fsp3) is 0.750. The third-order valence-electron chi connectivity index (χ3n) is 15.9. The van der Waals surface area contributed by atoms with Gasteiger partial charge >= 0.3 is 11.9 Å². The third kappa shape index (κ3) is 16.0. The number of hydrogen-bond acceptors (Lipinski definition) is 16. The topological polar surface area (TPSA) is 242 Å². The number of cyclic esters (lactones) is 1. The molecule has 1 amide bonds. The van der Waals surface area contributed by atoms with Crippen molar-refractivity contribution in [2.75, 3.05) is 41.1 Å². The van der Waals surface area contributed by atoms with E-state index in [1.165, 1.54) is 21.1 Å². The first kappa shape index (κ1) is 61.6. The molecular formula is C56H87NO16. The van der Waals surface area contributed by atoms with Crippen LogP contribution in [0.2, 0.25) is 0 Å². The van der Waals surface area contributed by atoms with Crippen molar-refractivity contribution in [3.8, 4) is 0 Å². The van der Waals surface area contributed by atoms with Crippen LogP contribution < -0.4 is 0 Å². The zero-order chi connectivity index (χ0) is 54.4. The van der Waals surface area contributed by atoms with Crippen LogP contribution in [0.15, 0.2) is 47.6 Å². The van der Waals surface area contributed by atoms with E-state index in [2.05, 4.69) is 0 Å². The Hall–Kier alpha value is -3.94. The maximum atomic E-state index is 14.5. The van der Waals surface area contributed by atoms with Gasteiger partial charge in [0.05, 0.1) is 31.5 Å². The molecule has 1 saturated carbocycles. The van der Waals surface area contributed by atoms with Gasteiger partial charge < -0.3 is 53.7 Å². The maximum absolute atomic E-state index is 14.5. The number of ether oxygens (including phenoxy) is 6. The molecule has 0 aromatic heterocycles. The lowest BCUT2D eigenvalue weighted by Crippen LogP contribution is -2.61. The molecular weight excluding hydrogens is 943 g/mol. The Bertz CT molecular complexity index is 2010. The van der Waals surface area contributed by atoms with Crippen molar-refractivity contribution >= 4 is 35.2 Å². The first-order valence-corrected chi connectivity index (χ1v) is 26.4. The Morgan fingerprint density at radius 1 is 0.863 bits per heavy atom. The first-order valence-electron chi connectivity index (χ1n) is 26.4. The van der Waals surface area contributed by atoms with Crippen molar-refractivity contribution in [3.63, 3.8) is 0 Å². The minimum Gasteiger partial charge on any atom is -0.460 e. The highest BCUT2D eigenvalue weighted by Crippen LogP contribution is 2.38. The maximum Gasteiger partial charge on any atom is 0.329 e. The van der Waals surface area contributed by atoms with E-state index in [-0.39, 0.29) is 42.8 Å². The Balaban J connectivity index is 1.69. The van der Waals surface area contributed by atoms with Crippen molar-refractivity contribution in [3.05, 3.63) is 47.6 Å². The molecule has 73 heavy (non-hydrogen) atoms. The summed E-state index contributed by atoms with van der Waals surface area (Å²) in [5.74, 6) is -9.36. The molecule has 17 heteroatoms. The number of rotatable bonds is 10. The summed E-state index contributed by atoms with van der Waals surface area (Å²) in [6.07, 6.45) is 9.76. The smallest absolute Gasteiger partial charge is 0.329 e. The Morgan fingerprint density at radius 3 is 2.21 bits per heavy atom. The molecule has 2 saturated heterocycles. The molecule has 15 atom stereocenters. The summed E-state index contributed by atoms with van der Waals surface area (Å²) in [5, 5.41) is 43.1. The number of hydrogen-bond donors (Lipinski definition) is 4. The number of ketones is 3. The van der Waals surface area contributed by atoms with Crippen LogP contribution in [-0.4, -0.2) is 156 Å². The van der Waals surface area contributed by atoms with Gasteiger partial charge in [0.2, 0.25) is 5.79 Å². The van der Waals surface area contributed by atoms with Gasteiger partial charge in [-0.25, -0.2) is 4.79 Å². The van der Waals surface area contributed by atoms with E-state index in [9.17, 15) is 49.2 Å². The molecule has 3 fully saturated rings. The normalized spacial score (nSPS) is 36.3. The highest BCUT2D eigenvalue weighted by atomic mass is 16.6. The van der Waals surface area contributed by atoms with Crippen LogP contribution in [-0.2, 0) is 57.2 Å². The number of piperidine rings is 1. The van der Waals surface area contributed by atoms with Gasteiger partial charge in [-0.05, 0) is 114 Å². The summed E-state index contributed by atoms with van der Waals surface area (Å²) in [5.41, 5.74) is -0.277. The van der Waals surface area contributed by atoms with E-state index in [0.717, 1.165) is 10.5 Å². The molecule has 0 radical (unpaired) electrons. The standard InChI is InChI=1S/C56H87NO16/c1-33-17-13-12-14-18-34(2)45(68-9)29-41-22-20-39(7)56(67,73-41)51(63)52(64)57-24-16-15-19-42(57)53(65)71-46(30-43(60)35(3)26-38(6)49(62)50(70-11)48(61)37(5)25-33)36(4)27-40-21-23-44(47(28-40)69-10)72-54(66)55(8,31-58)32-59/h12-14,17-18,26,33,35-37,39-42,44-47,49-50,58-59,62,67H,15-16,19-25,27-32H2,1-11H3/b14-12?,17-13+,34-18?,38-26+/t33?,35?,36?,37?,39-,40?,41?,42?,44?,45?,46?,47?,49?,50?,56?/m0/s1. The van der Waals surface area contributed by atoms with E-state index >= 15 is 0 Å². The van der Waals surface area contributed by atoms with E-state index < -0.39 is 120 Å². The van der Waals surface area contributed by atoms with Crippen molar-refractivity contribution in [1.82, 2.24) is 4.90 Å². The van der Waals surface area contributed by atoms with Crippen molar-refractivity contribution in [2.24, 2.45) is 40.9 Å². The van der Waals surface area contributed by atoms with Crippen LogP contribution in [0.25, 0.3) is 0 Å². The third-order valence-corrected chi connectivity index (χ3v) is 15.9. The molecule has 2 bridgehead atoms. The molecule has 4 N–H and O–H groups in total. The highest BCUT2D eigenvalue weighted by Gasteiger charge is 2.53. The number of amides is 1. The molecule has 412 valence electrons. The largest absolute Gasteiger partial charge is 0.460 e. The lowest BCUT2D eigenvalue weighted by molar-refractivity contribution is -0.265. The number of aliphatic hydroxyl groups excluding tert-OH is 3. The van der Waals surface area contributed by atoms with Crippen LogP contribution >= 0.6 is 0 Å². The molecule has 0 aromatic carbocycles. The summed E-state index contributed by atoms with van der Waals surface area (Å²) in [7, 11) is 4.43. The van der Waals surface area contributed by atoms with Crippen molar-refractivity contribution < 1.29 is 77.6 Å². The van der Waals surface area contributed by atoms with Crippen LogP contribution in [0.5, 0.6) is 0 Å². The summed E-state index contributed by atoms with van der Waals surface area (Å²) in [6, 6.07) is -1.20. The average molecular weight is 1030 g/mol. The molecule has 4 rings (SSSR count). The minimum atomic E-state index is -2.47. The number of nitrogens with zero attached hydrogens (tertiary/aromatic N) is 1. The van der Waals surface area contributed by atoms with Gasteiger partial charge in [-0.1, -0.05) is 71.1 Å². The highest BCUT2D eigenvalue weighted by molar-refractivity contribution is 6.39. The predicted molar refractivity (Wildman–Crippen MR) is 271 cm³/mol. The van der Waals surface area contributed by atoms with Gasteiger partial charge in [-0.2, -0.15) is 0 Å². The molecule has 0 aromatic rings. The fourth-order valence-electron chi connectivity index (χ4n) is 10.7. The summed E-state index contributed by atoms with van der Waals surface area (Å²) in [6.45, 7) is 12.7. The van der Waals surface area contributed by atoms with Crippen LogP contribution in [0.4, 0.5) is 0 Å². The van der Waals surface area contributed by atoms with Crippen LogP contribution in [0.1, 0.15) is 132 Å². The van der Waals surface area contributed by atoms with Gasteiger partial charge in [0.15, 0.2) is 5.78 Å². The number of carbonyl (C=O) groups is 6. The quantitative estimate of drug-likeness (QED) is 0.116. The zero-order valence-electron chi connectivity index (χ0n) is 45.3. The summed E-state index contributed by atoms with van der Waals surface area (Å²) >= 11 is 0. The molecule has 3 aliphatic heterocycles. The fourth-order valence-corrected chi connectivity index (χ4v) is 10.7. The molecule has 1 aliphatic carbocycles. The SMILES string of the molecule is COC1CC2CC[C@H](C)C(O)(O2)C(=O)C(=O)N2CCCCC2C(=O)OC(C(C)CC2CCC(OC(=O)C(C)(CO)CO)C(OC)C2)CC(=O)C(C)/C=C(\C)C(O)C(OC)C(=O)C(C)CC(C)/C=C/C=CC=C1C. The van der Waals surface area contributed by atoms with Gasteiger partial charge in [0, 0.05) is 58.5 Å². The van der Waals surface area contributed by atoms with E-state index in [0.29, 0.717) is 69.8 Å². The summed E-state index contributed by atoms with van der Waals surface area (Å²) in [4.78, 5) is 85.4. The Morgan fingerprint density at radius 2 is 1.56 bits per heavy atom. The molecule has 17 nitrogen and oxygen atoms in total. The van der Waals surface area contributed by atoms with Gasteiger partial charge in [0.25, 0.3) is 11.7 Å². The Kier molecular flexibility index (Phi) is 23.9. The number of allylic oxidation sites excluding steroid dienone is 6. The monoisotopic (exact) mass is 1030 g/mol. The lowest BCUT2D eigenvalue weighted by Gasteiger charge is -2.42. The predicted octanol–water partition coefficient (Wildman–Crippen LogP) is 5.72. The second-order valence-corrected chi connectivity index (χ2v) is 21.8. The molecule has 14 unspecified atom stereocenters. The van der Waals surface area contributed by atoms with Crippen molar-refractivity contribution in [2.45, 2.75) is 187 Å². The Labute approximate surface area is 433 Å². The number of esters is 2. The number of Topliss-reactive ketones (excluding diaryl/α,β-unsaturated/α-hetero) is 3. The van der Waals surface area contributed by atoms with Gasteiger partial charge in [0.1, 0.15) is 41.7 Å². The van der Waals surface area contributed by atoms with Gasteiger partial charge in [-0.3, -0.25) is 24.0 Å². The second-order valence-electron chi connectivity index (χ2n) is 21.8. The van der Waals surface area contributed by atoms with E-state index in [1.54, 1.807) is 40.9 Å². The molecule has 4 aliphatic rings. The minimum absolute atomic E-state index is 0.00697. The van der Waals surface area contributed by atoms with Crippen LogP contribution in [0.3, 0.4) is 0 Å². The average Bonchev–Trinajstić information content (AvgIpc) is 3.37. The second kappa shape index (κ2) is 28.3. The van der Waals surface area contributed by atoms with E-state index in [4.69, 9.17) is 28.4 Å². The van der Waals surface area contributed by atoms with Gasteiger partial charge in [-0.15, -0.1) is 0 Å². The number of carbonyl (C=O) groups excluding carboxylic acids is 6. The van der Waals surface area contributed by atoms with Crippen molar-refractivity contribution in [1.29, 1.82) is 0 Å². The molecule has 0 spiro atoms. The number of methoxy groups -OCH3 is 3. The van der Waals surface area contributed by atoms with Crippen LogP contribution in [0, 0.1) is 40.9 Å². The number of fused-ring (bicyclic) bond motifs is 3. The lowest BCUT2D eigenvalue weighted by atomic mass is 9.78. The molecule has 3 heterocycles. The first-order chi connectivity index (χ1) is 34.5. The van der Waals surface area contributed by atoms with E-state index in [1.807, 2.05) is 51.2 Å². The number of aliphatic hydroxyl groups is 4. The zero-order valence-corrected chi connectivity index (χ0v) is 45.3. The summed E-state index contributed by atoms with van der Waals surface area (Å²) < 4.78 is 35.4.